The van der Waals surface area contributed by atoms with Gasteiger partial charge in [-0.25, -0.2) is 9.37 Å². The number of hydrogen-bond donors (Lipinski definition) is 3. The maximum absolute atomic E-state index is 14.5. The first kappa shape index (κ1) is 11.2. The van der Waals surface area contributed by atoms with Gasteiger partial charge in [0.1, 0.15) is 11.3 Å². The van der Waals surface area contributed by atoms with Gasteiger partial charge in [-0.3, -0.25) is 4.79 Å². The molecule has 0 bridgehead atoms. The van der Waals surface area contributed by atoms with Crippen molar-refractivity contribution in [1.29, 1.82) is 0 Å². The number of para-hydroxylation sites is 1. The topological polar surface area (TPSA) is 83.8 Å². The van der Waals surface area contributed by atoms with Crippen molar-refractivity contribution in [3.8, 4) is 0 Å². The molecule has 1 fully saturated rings. The van der Waals surface area contributed by atoms with Gasteiger partial charge in [-0.05, 0) is 18.7 Å². The minimum absolute atomic E-state index is 0.235. The second kappa shape index (κ2) is 3.78. The van der Waals surface area contributed by atoms with E-state index < -0.39 is 11.6 Å². The number of benzene rings is 1. The number of rotatable bonds is 2. The lowest BCUT2D eigenvalue weighted by atomic mass is 10.1. The van der Waals surface area contributed by atoms with E-state index in [-0.39, 0.29) is 12.4 Å². The lowest BCUT2D eigenvalue weighted by molar-refractivity contribution is 0.100. The monoisotopic (exact) mass is 248 g/mol. The average Bonchev–Trinajstić information content (AvgIpc) is 2.94. The third-order valence-corrected chi connectivity index (χ3v) is 3.31. The standard InChI is InChI=1S/C12H13FN4O/c13-12(4-5-15-6-12)11-16-8-3-1-2-7(10(14)18)9(8)17-11/h1-3,15H,4-6H2,(H2,14,18)(H,16,17). The summed E-state index contributed by atoms with van der Waals surface area (Å²) in [6, 6.07) is 5.04. The molecule has 1 aliphatic rings. The fourth-order valence-electron chi connectivity index (χ4n) is 2.31. The summed E-state index contributed by atoms with van der Waals surface area (Å²) < 4.78 is 14.5. The quantitative estimate of drug-likeness (QED) is 0.735. The van der Waals surface area contributed by atoms with Crippen LogP contribution in [-0.4, -0.2) is 29.0 Å². The van der Waals surface area contributed by atoms with Crippen LogP contribution in [0.4, 0.5) is 4.39 Å². The highest BCUT2D eigenvalue weighted by Crippen LogP contribution is 2.32. The summed E-state index contributed by atoms with van der Waals surface area (Å²) in [5.74, 6) is -0.299. The van der Waals surface area contributed by atoms with E-state index in [0.29, 0.717) is 29.6 Å². The number of halogens is 1. The first-order valence-corrected chi connectivity index (χ1v) is 5.79. The van der Waals surface area contributed by atoms with Crippen LogP contribution >= 0.6 is 0 Å². The zero-order valence-electron chi connectivity index (χ0n) is 9.66. The number of carbonyl (C=O) groups excluding carboxylic acids is 1. The van der Waals surface area contributed by atoms with Gasteiger partial charge >= 0.3 is 0 Å². The summed E-state index contributed by atoms with van der Waals surface area (Å²) in [6.45, 7) is 0.856. The smallest absolute Gasteiger partial charge is 0.250 e. The van der Waals surface area contributed by atoms with Crippen LogP contribution in [0.25, 0.3) is 11.0 Å². The number of fused-ring (bicyclic) bond motifs is 1. The Hall–Kier alpha value is -1.95. The zero-order valence-corrected chi connectivity index (χ0v) is 9.66. The van der Waals surface area contributed by atoms with Gasteiger partial charge in [0.15, 0.2) is 5.67 Å². The Bertz CT molecular complexity index is 616. The zero-order chi connectivity index (χ0) is 12.8. The molecule has 2 heterocycles. The number of hydrogen-bond acceptors (Lipinski definition) is 3. The van der Waals surface area contributed by atoms with Gasteiger partial charge in [0.25, 0.3) is 5.91 Å². The number of amides is 1. The van der Waals surface area contributed by atoms with E-state index in [1.165, 1.54) is 0 Å². The highest BCUT2D eigenvalue weighted by Gasteiger charge is 2.38. The highest BCUT2D eigenvalue weighted by atomic mass is 19.1. The van der Waals surface area contributed by atoms with Gasteiger partial charge in [-0.1, -0.05) is 6.07 Å². The van der Waals surface area contributed by atoms with Crippen molar-refractivity contribution in [1.82, 2.24) is 15.3 Å². The molecule has 1 unspecified atom stereocenters. The molecular formula is C12H13FN4O. The van der Waals surface area contributed by atoms with E-state index in [1.807, 2.05) is 0 Å². The van der Waals surface area contributed by atoms with Crippen LogP contribution in [-0.2, 0) is 5.67 Å². The number of nitrogens with zero attached hydrogens (tertiary/aromatic N) is 1. The van der Waals surface area contributed by atoms with Crippen LogP contribution in [0.1, 0.15) is 22.6 Å². The Balaban J connectivity index is 2.16. The Morgan fingerprint density at radius 2 is 2.33 bits per heavy atom. The van der Waals surface area contributed by atoms with Crippen LogP contribution in [0.2, 0.25) is 0 Å². The Labute approximate surface area is 103 Å². The number of aromatic amines is 1. The highest BCUT2D eigenvalue weighted by molar-refractivity contribution is 6.04. The summed E-state index contributed by atoms with van der Waals surface area (Å²) >= 11 is 0. The molecule has 1 aliphatic heterocycles. The van der Waals surface area contributed by atoms with Gasteiger partial charge in [-0.2, -0.15) is 0 Å². The summed E-state index contributed by atoms with van der Waals surface area (Å²) in [4.78, 5) is 18.4. The summed E-state index contributed by atoms with van der Waals surface area (Å²) in [5.41, 5.74) is 5.16. The number of alkyl halides is 1. The molecule has 1 aromatic heterocycles. The molecule has 6 heteroatoms. The van der Waals surface area contributed by atoms with Crippen LogP contribution in [0, 0.1) is 0 Å². The second-order valence-electron chi connectivity index (χ2n) is 4.54. The van der Waals surface area contributed by atoms with Crippen molar-refractivity contribution >= 4 is 16.9 Å². The minimum Gasteiger partial charge on any atom is -0.366 e. The number of nitrogens with one attached hydrogen (secondary N) is 2. The van der Waals surface area contributed by atoms with Gasteiger partial charge in [-0.15, -0.1) is 0 Å². The molecule has 2 aromatic rings. The molecule has 1 saturated heterocycles. The number of nitrogens with two attached hydrogens (primary N) is 1. The van der Waals surface area contributed by atoms with Crippen LogP contribution in [0.15, 0.2) is 18.2 Å². The van der Waals surface area contributed by atoms with Crippen LogP contribution in [0.3, 0.4) is 0 Å². The molecule has 5 nitrogen and oxygen atoms in total. The molecule has 0 spiro atoms. The van der Waals surface area contributed by atoms with E-state index in [9.17, 15) is 9.18 Å². The minimum atomic E-state index is -1.49. The molecular weight excluding hydrogens is 235 g/mol. The SMILES string of the molecule is NC(=O)c1cccc2[nH]c(C3(F)CCNC3)nc12. The van der Waals surface area contributed by atoms with Crippen LogP contribution < -0.4 is 11.1 Å². The molecule has 4 N–H and O–H groups in total. The number of primary amides is 1. The fraction of sp³-hybridized carbons (Fsp3) is 0.333. The Kier molecular flexibility index (Phi) is 2.34. The molecule has 0 saturated carbocycles. The predicted octanol–water partition coefficient (Wildman–Crippen LogP) is 0.820. The molecule has 3 rings (SSSR count). The lowest BCUT2D eigenvalue weighted by Gasteiger charge is -2.14. The van der Waals surface area contributed by atoms with Gasteiger partial charge in [0, 0.05) is 13.0 Å². The average molecular weight is 248 g/mol. The number of imidazole rings is 1. The van der Waals surface area contributed by atoms with Crippen molar-refractivity contribution in [2.24, 2.45) is 5.73 Å². The first-order chi connectivity index (χ1) is 8.60. The normalized spacial score (nSPS) is 23.6. The van der Waals surface area contributed by atoms with E-state index >= 15 is 0 Å². The molecule has 1 amide bonds. The molecule has 18 heavy (non-hydrogen) atoms. The first-order valence-electron chi connectivity index (χ1n) is 5.79. The van der Waals surface area contributed by atoms with Gasteiger partial charge in [0.05, 0.1) is 11.1 Å². The number of carbonyl (C=O) groups is 1. The van der Waals surface area contributed by atoms with E-state index in [1.54, 1.807) is 18.2 Å². The van der Waals surface area contributed by atoms with Crippen molar-refractivity contribution < 1.29 is 9.18 Å². The number of aromatic nitrogens is 2. The predicted molar refractivity (Wildman–Crippen MR) is 64.9 cm³/mol. The third kappa shape index (κ3) is 1.57. The fourth-order valence-corrected chi connectivity index (χ4v) is 2.31. The molecule has 0 radical (unpaired) electrons. The van der Waals surface area contributed by atoms with E-state index in [4.69, 9.17) is 5.73 Å². The molecule has 1 atom stereocenters. The molecule has 0 aliphatic carbocycles. The van der Waals surface area contributed by atoms with E-state index in [0.717, 1.165) is 0 Å². The van der Waals surface area contributed by atoms with Gasteiger partial charge < -0.3 is 16.0 Å². The van der Waals surface area contributed by atoms with Gasteiger partial charge in [0.2, 0.25) is 0 Å². The second-order valence-corrected chi connectivity index (χ2v) is 4.54. The van der Waals surface area contributed by atoms with Crippen molar-refractivity contribution in [2.45, 2.75) is 12.1 Å². The summed E-state index contributed by atoms with van der Waals surface area (Å²) in [5, 5.41) is 2.97. The summed E-state index contributed by atoms with van der Waals surface area (Å²) in [7, 11) is 0. The third-order valence-electron chi connectivity index (χ3n) is 3.31. The lowest BCUT2D eigenvalue weighted by Crippen LogP contribution is -2.24. The molecule has 94 valence electrons. The number of H-pyrrole nitrogens is 1. The van der Waals surface area contributed by atoms with Crippen molar-refractivity contribution in [2.75, 3.05) is 13.1 Å². The molecule has 1 aromatic carbocycles. The van der Waals surface area contributed by atoms with Crippen LogP contribution in [0.5, 0.6) is 0 Å². The summed E-state index contributed by atoms with van der Waals surface area (Å²) in [6.07, 6.45) is 0.374. The maximum Gasteiger partial charge on any atom is 0.250 e. The van der Waals surface area contributed by atoms with Crippen molar-refractivity contribution in [3.63, 3.8) is 0 Å². The van der Waals surface area contributed by atoms with E-state index in [2.05, 4.69) is 15.3 Å². The largest absolute Gasteiger partial charge is 0.366 e. The maximum atomic E-state index is 14.5. The van der Waals surface area contributed by atoms with Crippen molar-refractivity contribution in [3.05, 3.63) is 29.6 Å². The Morgan fingerprint density at radius 3 is 3.00 bits per heavy atom. The Morgan fingerprint density at radius 1 is 1.50 bits per heavy atom.